The maximum atomic E-state index is 14.1. The third-order valence-corrected chi connectivity index (χ3v) is 4.95. The summed E-state index contributed by atoms with van der Waals surface area (Å²) in [4.78, 5) is 12.6. The maximum Gasteiger partial charge on any atom is 0.261 e. The zero-order chi connectivity index (χ0) is 19.0. The van der Waals surface area contributed by atoms with Gasteiger partial charge in [0.1, 0.15) is 16.5 Å². The lowest BCUT2D eigenvalue weighted by Gasteiger charge is -2.06. The lowest BCUT2D eigenvalue weighted by Crippen LogP contribution is -2.14. The molecule has 0 unspecified atom stereocenters. The van der Waals surface area contributed by atoms with E-state index in [1.807, 2.05) is 13.8 Å². The highest BCUT2D eigenvalue weighted by Crippen LogP contribution is 2.25. The van der Waals surface area contributed by atoms with Crippen molar-refractivity contribution in [3.05, 3.63) is 51.8 Å². The van der Waals surface area contributed by atoms with Crippen molar-refractivity contribution in [2.45, 2.75) is 33.6 Å². The van der Waals surface area contributed by atoms with Gasteiger partial charge in [-0.25, -0.2) is 13.5 Å². The van der Waals surface area contributed by atoms with Crippen LogP contribution < -0.4 is 5.32 Å². The number of nitrogens with one attached hydrogen (secondary N) is 1. The second kappa shape index (κ2) is 6.91. The van der Waals surface area contributed by atoms with Crippen LogP contribution in [-0.2, 0) is 0 Å². The second-order valence-electron chi connectivity index (χ2n) is 6.11. The van der Waals surface area contributed by atoms with Gasteiger partial charge >= 0.3 is 0 Å². The van der Waals surface area contributed by atoms with Crippen molar-refractivity contribution >= 4 is 22.4 Å². The molecule has 0 aliphatic carbocycles. The van der Waals surface area contributed by atoms with Gasteiger partial charge in [0.2, 0.25) is 5.13 Å². The van der Waals surface area contributed by atoms with E-state index in [1.165, 1.54) is 22.1 Å². The minimum absolute atomic E-state index is 0.0732. The Hall–Kier alpha value is -2.68. The number of benzene rings is 1. The average Bonchev–Trinajstić information content (AvgIpc) is 3.12. The van der Waals surface area contributed by atoms with Gasteiger partial charge in [-0.15, -0.1) is 10.2 Å². The first-order chi connectivity index (χ1) is 12.3. The molecule has 0 saturated carbocycles. The van der Waals surface area contributed by atoms with Crippen LogP contribution in [0.1, 0.15) is 46.5 Å². The van der Waals surface area contributed by atoms with E-state index in [0.717, 1.165) is 17.1 Å². The van der Waals surface area contributed by atoms with Crippen LogP contribution in [0.4, 0.5) is 13.9 Å². The van der Waals surface area contributed by atoms with Crippen molar-refractivity contribution in [1.29, 1.82) is 0 Å². The fraction of sp³-hybridized carbons (Fsp3) is 0.294. The molecule has 3 aromatic rings. The highest BCUT2D eigenvalue weighted by Gasteiger charge is 2.22. The highest BCUT2D eigenvalue weighted by atomic mass is 32.1. The summed E-state index contributed by atoms with van der Waals surface area (Å²) in [5, 5.41) is 16.1. The fourth-order valence-electron chi connectivity index (χ4n) is 2.54. The number of carbonyl (C=O) groups excluding carboxylic acids is 1. The van der Waals surface area contributed by atoms with Gasteiger partial charge in [0.15, 0.2) is 5.82 Å². The molecule has 0 bridgehead atoms. The first kappa shape index (κ1) is 18.1. The van der Waals surface area contributed by atoms with E-state index in [2.05, 4.69) is 20.6 Å². The number of hydrogen-bond acceptors (Lipinski definition) is 5. The number of hydrogen-bond donors (Lipinski definition) is 1. The predicted octanol–water partition coefficient (Wildman–Crippen LogP) is 3.99. The number of rotatable bonds is 4. The normalized spacial score (nSPS) is 11.2. The summed E-state index contributed by atoms with van der Waals surface area (Å²) in [5.41, 5.74) is 1.26. The van der Waals surface area contributed by atoms with Crippen molar-refractivity contribution < 1.29 is 13.6 Å². The number of nitrogens with zero attached hydrogens (tertiary/aromatic N) is 4. The van der Waals surface area contributed by atoms with Gasteiger partial charge in [-0.05, 0) is 26.0 Å². The number of amides is 1. The molecule has 0 atom stereocenters. The van der Waals surface area contributed by atoms with Crippen LogP contribution in [0.25, 0.3) is 5.69 Å². The molecule has 0 saturated heterocycles. The molecule has 26 heavy (non-hydrogen) atoms. The van der Waals surface area contributed by atoms with E-state index >= 15 is 0 Å². The monoisotopic (exact) mass is 377 g/mol. The minimum Gasteiger partial charge on any atom is -0.296 e. The van der Waals surface area contributed by atoms with Crippen LogP contribution in [-0.4, -0.2) is 25.9 Å². The molecular weight excluding hydrogens is 360 g/mol. The third-order valence-electron chi connectivity index (χ3n) is 3.81. The molecule has 3 rings (SSSR count). The molecule has 2 heterocycles. The molecule has 0 spiro atoms. The quantitative estimate of drug-likeness (QED) is 0.746. The summed E-state index contributed by atoms with van der Waals surface area (Å²) in [6.07, 6.45) is 0. The SMILES string of the molecule is Cc1nn(-c2ccc(F)cc2F)c(C)c1C(=O)Nc1nnc(C(C)C)s1. The molecule has 1 N–H and O–H groups in total. The molecule has 6 nitrogen and oxygen atoms in total. The van der Waals surface area contributed by atoms with Crippen LogP contribution in [0.5, 0.6) is 0 Å². The summed E-state index contributed by atoms with van der Waals surface area (Å²) in [6, 6.07) is 3.20. The Balaban J connectivity index is 1.93. The third kappa shape index (κ3) is 3.34. The molecule has 0 aliphatic heterocycles. The summed E-state index contributed by atoms with van der Waals surface area (Å²) in [5.74, 6) is -1.62. The zero-order valence-corrected chi connectivity index (χ0v) is 15.5. The Kier molecular flexibility index (Phi) is 4.82. The average molecular weight is 377 g/mol. The van der Waals surface area contributed by atoms with E-state index in [1.54, 1.807) is 13.8 Å². The van der Waals surface area contributed by atoms with Crippen molar-refractivity contribution in [2.24, 2.45) is 0 Å². The molecule has 9 heteroatoms. The molecule has 0 radical (unpaired) electrons. The Labute approximate surface area is 152 Å². The zero-order valence-electron chi connectivity index (χ0n) is 14.7. The highest BCUT2D eigenvalue weighted by molar-refractivity contribution is 7.15. The number of anilines is 1. The van der Waals surface area contributed by atoms with Gasteiger partial charge in [-0.3, -0.25) is 10.1 Å². The number of carbonyl (C=O) groups is 1. The van der Waals surface area contributed by atoms with E-state index in [0.29, 0.717) is 22.1 Å². The fourth-order valence-corrected chi connectivity index (χ4v) is 3.28. The lowest BCUT2D eigenvalue weighted by molar-refractivity contribution is 0.102. The Morgan fingerprint density at radius 3 is 2.58 bits per heavy atom. The Bertz CT molecular complexity index is 980. The summed E-state index contributed by atoms with van der Waals surface area (Å²) < 4.78 is 28.5. The minimum atomic E-state index is -0.756. The first-order valence-electron chi connectivity index (χ1n) is 7.94. The lowest BCUT2D eigenvalue weighted by atomic mass is 10.2. The van der Waals surface area contributed by atoms with Gasteiger partial charge in [0, 0.05) is 12.0 Å². The van der Waals surface area contributed by atoms with Gasteiger partial charge in [0.25, 0.3) is 5.91 Å². The maximum absolute atomic E-state index is 14.1. The molecule has 136 valence electrons. The van der Waals surface area contributed by atoms with E-state index < -0.39 is 17.5 Å². The molecule has 1 amide bonds. The van der Waals surface area contributed by atoms with Crippen LogP contribution in [0, 0.1) is 25.5 Å². The summed E-state index contributed by atoms with van der Waals surface area (Å²) in [7, 11) is 0. The van der Waals surface area contributed by atoms with Crippen molar-refractivity contribution in [3.8, 4) is 5.69 Å². The molecule has 1 aromatic carbocycles. The van der Waals surface area contributed by atoms with E-state index in [-0.39, 0.29) is 11.6 Å². The van der Waals surface area contributed by atoms with Gasteiger partial charge in [-0.2, -0.15) is 5.10 Å². The predicted molar refractivity (Wildman–Crippen MR) is 94.9 cm³/mol. The topological polar surface area (TPSA) is 72.7 Å². The Morgan fingerprint density at radius 2 is 1.96 bits per heavy atom. The summed E-state index contributed by atoms with van der Waals surface area (Å²) >= 11 is 1.30. The van der Waals surface area contributed by atoms with Gasteiger partial charge in [-0.1, -0.05) is 25.2 Å². The molecule has 0 fully saturated rings. The smallest absolute Gasteiger partial charge is 0.261 e. The van der Waals surface area contributed by atoms with Crippen LogP contribution in [0.3, 0.4) is 0 Å². The van der Waals surface area contributed by atoms with Gasteiger partial charge in [0.05, 0.1) is 17.0 Å². The number of halogens is 2. The van der Waals surface area contributed by atoms with Crippen molar-refractivity contribution in [3.63, 3.8) is 0 Å². The van der Waals surface area contributed by atoms with E-state index in [4.69, 9.17) is 0 Å². The first-order valence-corrected chi connectivity index (χ1v) is 8.76. The largest absolute Gasteiger partial charge is 0.296 e. The number of aromatic nitrogens is 4. The number of aryl methyl sites for hydroxylation is 1. The van der Waals surface area contributed by atoms with Crippen LogP contribution in [0.15, 0.2) is 18.2 Å². The van der Waals surface area contributed by atoms with Crippen LogP contribution >= 0.6 is 11.3 Å². The second-order valence-corrected chi connectivity index (χ2v) is 7.12. The molecule has 0 aliphatic rings. The van der Waals surface area contributed by atoms with Crippen molar-refractivity contribution in [1.82, 2.24) is 20.0 Å². The molecule has 2 aromatic heterocycles. The summed E-state index contributed by atoms with van der Waals surface area (Å²) in [6.45, 7) is 7.28. The Morgan fingerprint density at radius 1 is 1.23 bits per heavy atom. The van der Waals surface area contributed by atoms with E-state index in [9.17, 15) is 13.6 Å². The van der Waals surface area contributed by atoms with Crippen molar-refractivity contribution in [2.75, 3.05) is 5.32 Å². The standard InChI is InChI=1S/C17H17F2N5OS/c1-8(2)16-21-22-17(26-16)20-15(25)14-9(3)23-24(10(14)4)13-6-5-11(18)7-12(13)19/h5-8H,1-4H3,(H,20,22,25). The van der Waals surface area contributed by atoms with Gasteiger partial charge < -0.3 is 0 Å². The molecular formula is C17H17F2N5OS. The van der Waals surface area contributed by atoms with Crippen LogP contribution in [0.2, 0.25) is 0 Å².